The molecule has 0 aliphatic carbocycles. The van der Waals surface area contributed by atoms with Gasteiger partial charge < -0.3 is 10.2 Å². The number of pyridine rings is 1. The molecule has 0 radical (unpaired) electrons. The normalized spacial score (nSPS) is 10.8. The van der Waals surface area contributed by atoms with Gasteiger partial charge in [-0.3, -0.25) is 4.42 Å². The van der Waals surface area contributed by atoms with Gasteiger partial charge in [0.05, 0.1) is 16.7 Å². The Labute approximate surface area is 152 Å². The highest BCUT2D eigenvalue weighted by Crippen LogP contribution is 2.30. The van der Waals surface area contributed by atoms with Crippen molar-refractivity contribution in [3.8, 4) is 0 Å². The Morgan fingerprint density at radius 1 is 1.04 bits per heavy atom. The number of fused-ring (bicyclic) bond motifs is 2. The van der Waals surface area contributed by atoms with Gasteiger partial charge in [-0.1, -0.05) is 36.4 Å². The average Bonchev–Trinajstić information content (AvgIpc) is 2.60. The molecule has 0 amide bonds. The van der Waals surface area contributed by atoms with Gasteiger partial charge in [0.15, 0.2) is 5.11 Å². The molecule has 0 atom stereocenters. The zero-order chi connectivity index (χ0) is 17.1. The van der Waals surface area contributed by atoms with Crippen LogP contribution < -0.4 is 5.32 Å². The number of para-hydroxylation sites is 2. The molecule has 0 bridgehead atoms. The quantitative estimate of drug-likeness (QED) is 0.431. The zero-order valence-electron chi connectivity index (χ0n) is 13.7. The van der Waals surface area contributed by atoms with Crippen LogP contribution in [-0.4, -0.2) is 46.6 Å². The Bertz CT molecular complexity index is 827. The molecule has 0 aliphatic heterocycles. The van der Waals surface area contributed by atoms with Crippen molar-refractivity contribution in [3.05, 3.63) is 48.5 Å². The molecule has 6 heteroatoms. The van der Waals surface area contributed by atoms with Crippen molar-refractivity contribution >= 4 is 56.6 Å². The number of hydrogen-bond acceptors (Lipinski definition) is 3. The van der Waals surface area contributed by atoms with E-state index < -0.39 is 0 Å². The van der Waals surface area contributed by atoms with Gasteiger partial charge in [0, 0.05) is 49.7 Å². The summed E-state index contributed by atoms with van der Waals surface area (Å²) in [7, 11) is 3.67. The van der Waals surface area contributed by atoms with Gasteiger partial charge in [-0.25, -0.2) is 4.98 Å². The van der Waals surface area contributed by atoms with Crippen LogP contribution in [0.15, 0.2) is 48.5 Å². The zero-order valence-corrected chi connectivity index (χ0v) is 15.2. The van der Waals surface area contributed by atoms with E-state index in [0.717, 1.165) is 40.6 Å². The molecule has 24 heavy (non-hydrogen) atoms. The van der Waals surface area contributed by atoms with E-state index in [4.69, 9.17) is 29.0 Å². The standard InChI is InChI=1S/C18H19ClN4S/c1-22(18(24)23(2)19)12-11-20-17-13-7-3-5-9-15(13)21-16-10-6-4-8-14(16)17/h3-10H,11-12H2,1-2H3,(H,20,21). The molecular weight excluding hydrogens is 340 g/mol. The van der Waals surface area contributed by atoms with E-state index in [1.54, 1.807) is 7.05 Å². The Hall–Kier alpha value is -2.11. The fraction of sp³-hybridized carbons (Fsp3) is 0.222. The molecule has 0 spiro atoms. The number of benzene rings is 2. The molecule has 0 saturated heterocycles. The first kappa shape index (κ1) is 16.7. The first-order valence-corrected chi connectivity index (χ1v) is 8.48. The van der Waals surface area contributed by atoms with Crippen LogP contribution in [0.5, 0.6) is 0 Å². The Kier molecular flexibility index (Phi) is 5.02. The number of hydrogen-bond donors (Lipinski definition) is 1. The molecule has 0 fully saturated rings. The van der Waals surface area contributed by atoms with Crippen LogP contribution >= 0.6 is 24.0 Å². The van der Waals surface area contributed by atoms with Crippen LogP contribution in [0.2, 0.25) is 0 Å². The summed E-state index contributed by atoms with van der Waals surface area (Å²) in [5.41, 5.74) is 3.08. The number of rotatable bonds is 4. The van der Waals surface area contributed by atoms with Crippen molar-refractivity contribution in [2.75, 3.05) is 32.5 Å². The number of anilines is 1. The van der Waals surface area contributed by atoms with Crippen molar-refractivity contribution in [1.82, 2.24) is 14.3 Å². The van der Waals surface area contributed by atoms with E-state index in [1.807, 2.05) is 48.3 Å². The number of nitrogens with one attached hydrogen (secondary N) is 1. The molecule has 0 saturated carbocycles. The van der Waals surface area contributed by atoms with E-state index in [9.17, 15) is 0 Å². The van der Waals surface area contributed by atoms with Gasteiger partial charge >= 0.3 is 0 Å². The largest absolute Gasteiger partial charge is 0.382 e. The number of thiocarbonyl (C=S) groups is 1. The Morgan fingerprint density at radius 3 is 2.12 bits per heavy atom. The molecule has 0 aliphatic rings. The second kappa shape index (κ2) is 7.20. The second-order valence-corrected chi connectivity index (χ2v) is 6.50. The molecule has 1 heterocycles. The molecule has 3 rings (SSSR count). The molecule has 1 N–H and O–H groups in total. The smallest absolute Gasteiger partial charge is 0.185 e. The van der Waals surface area contributed by atoms with Gasteiger partial charge in [-0.05, 0) is 24.4 Å². The van der Waals surface area contributed by atoms with Crippen LogP contribution in [-0.2, 0) is 0 Å². The number of nitrogens with zero attached hydrogens (tertiary/aromatic N) is 3. The first-order chi connectivity index (χ1) is 11.6. The number of likely N-dealkylation sites (N-methyl/N-ethyl adjacent to an activating group) is 1. The van der Waals surface area contributed by atoms with Gasteiger partial charge in [-0.2, -0.15) is 0 Å². The van der Waals surface area contributed by atoms with Crippen LogP contribution in [0.4, 0.5) is 5.69 Å². The second-order valence-electron chi connectivity index (χ2n) is 5.63. The SMILES string of the molecule is CN(Cl)C(=S)N(C)CCNc1c2ccccc2nc2ccccc12. The summed E-state index contributed by atoms with van der Waals surface area (Å²) in [5.74, 6) is 0. The summed E-state index contributed by atoms with van der Waals surface area (Å²) in [6, 6.07) is 16.4. The lowest BCUT2D eigenvalue weighted by molar-refractivity contribution is 0.489. The predicted molar refractivity (Wildman–Crippen MR) is 107 cm³/mol. The van der Waals surface area contributed by atoms with Crippen LogP contribution in [0.1, 0.15) is 0 Å². The predicted octanol–water partition coefficient (Wildman–Crippen LogP) is 4.10. The fourth-order valence-electron chi connectivity index (χ4n) is 2.71. The molecule has 1 aromatic heterocycles. The van der Waals surface area contributed by atoms with Crippen LogP contribution in [0, 0.1) is 0 Å². The molecule has 124 valence electrons. The van der Waals surface area contributed by atoms with Crippen molar-refractivity contribution in [3.63, 3.8) is 0 Å². The summed E-state index contributed by atoms with van der Waals surface area (Å²) in [4.78, 5) is 6.68. The van der Waals surface area contributed by atoms with E-state index in [2.05, 4.69) is 17.4 Å². The maximum Gasteiger partial charge on any atom is 0.185 e. The van der Waals surface area contributed by atoms with Gasteiger partial charge in [0.25, 0.3) is 0 Å². The first-order valence-electron chi connectivity index (χ1n) is 7.74. The molecule has 3 aromatic rings. The molecule has 2 aromatic carbocycles. The third-order valence-corrected chi connectivity index (χ3v) is 4.77. The van der Waals surface area contributed by atoms with Gasteiger partial charge in [-0.15, -0.1) is 0 Å². The van der Waals surface area contributed by atoms with E-state index in [1.165, 1.54) is 4.42 Å². The highest BCUT2D eigenvalue weighted by Gasteiger charge is 2.10. The monoisotopic (exact) mass is 358 g/mol. The highest BCUT2D eigenvalue weighted by molar-refractivity contribution is 7.80. The number of aromatic nitrogens is 1. The number of halogens is 1. The van der Waals surface area contributed by atoms with E-state index >= 15 is 0 Å². The fourth-order valence-corrected chi connectivity index (χ4v) is 2.93. The summed E-state index contributed by atoms with van der Waals surface area (Å²) in [6.07, 6.45) is 0. The highest BCUT2D eigenvalue weighted by atomic mass is 35.5. The van der Waals surface area contributed by atoms with Crippen molar-refractivity contribution in [1.29, 1.82) is 0 Å². The van der Waals surface area contributed by atoms with Crippen LogP contribution in [0.3, 0.4) is 0 Å². The van der Waals surface area contributed by atoms with Gasteiger partial charge in [0.1, 0.15) is 0 Å². The Balaban J connectivity index is 1.88. The summed E-state index contributed by atoms with van der Waals surface area (Å²) >= 11 is 11.2. The molecule has 4 nitrogen and oxygen atoms in total. The van der Waals surface area contributed by atoms with Crippen molar-refractivity contribution in [2.24, 2.45) is 0 Å². The summed E-state index contributed by atoms with van der Waals surface area (Å²) < 4.78 is 1.42. The van der Waals surface area contributed by atoms with Crippen molar-refractivity contribution in [2.45, 2.75) is 0 Å². The summed E-state index contributed by atoms with van der Waals surface area (Å²) in [6.45, 7) is 1.50. The topological polar surface area (TPSA) is 31.4 Å². The maximum absolute atomic E-state index is 5.90. The summed E-state index contributed by atoms with van der Waals surface area (Å²) in [5, 5.41) is 6.39. The lowest BCUT2D eigenvalue weighted by Gasteiger charge is -2.23. The maximum atomic E-state index is 5.90. The third kappa shape index (κ3) is 3.37. The van der Waals surface area contributed by atoms with Crippen LogP contribution in [0.25, 0.3) is 21.8 Å². The minimum Gasteiger partial charge on any atom is -0.382 e. The van der Waals surface area contributed by atoms with Gasteiger partial charge in [0.2, 0.25) is 0 Å². The minimum atomic E-state index is 0.600. The third-order valence-electron chi connectivity index (χ3n) is 3.93. The lowest BCUT2D eigenvalue weighted by atomic mass is 10.1. The van der Waals surface area contributed by atoms with Crippen molar-refractivity contribution < 1.29 is 0 Å². The average molecular weight is 359 g/mol. The molecular formula is C18H19ClN4S. The minimum absolute atomic E-state index is 0.600. The lowest BCUT2D eigenvalue weighted by Crippen LogP contribution is -2.36. The molecule has 0 unspecified atom stereocenters. The Morgan fingerprint density at radius 2 is 1.58 bits per heavy atom. The van der Waals surface area contributed by atoms with E-state index in [-0.39, 0.29) is 0 Å². The van der Waals surface area contributed by atoms with E-state index in [0.29, 0.717) is 5.11 Å².